The summed E-state index contributed by atoms with van der Waals surface area (Å²) in [5.74, 6) is 0. The standard InChI is InChI=1S/C8H12Br6ClO4P/c9-1-5(11)7(13)3-17-20(16,19-15)18-4-8(14)6(12)2-10/h5-8H,1-4H2. The fraction of sp³-hybridized carbons (Fsp3) is 1.00. The van der Waals surface area contributed by atoms with Gasteiger partial charge in [0, 0.05) is 20.3 Å². The van der Waals surface area contributed by atoms with Crippen LogP contribution in [0.2, 0.25) is 0 Å². The molecule has 0 fully saturated rings. The highest BCUT2D eigenvalue weighted by atomic mass is 79.9. The normalized spacial score (nSPS) is 20.9. The van der Waals surface area contributed by atoms with Gasteiger partial charge in [-0.25, -0.2) is 4.57 Å². The molecule has 0 amide bonds. The molecular formula is C8H12Br6ClO4P. The Morgan fingerprint density at radius 1 is 0.850 bits per heavy atom. The molecule has 0 N–H and O–H groups in total. The van der Waals surface area contributed by atoms with Gasteiger partial charge in [0.05, 0.1) is 34.7 Å². The zero-order valence-corrected chi connectivity index (χ0v) is 21.0. The highest BCUT2D eigenvalue weighted by Crippen LogP contribution is 2.51. The van der Waals surface area contributed by atoms with Crippen molar-refractivity contribution in [3.05, 3.63) is 0 Å². The van der Waals surface area contributed by atoms with Gasteiger partial charge in [-0.1, -0.05) is 95.6 Å². The summed E-state index contributed by atoms with van der Waals surface area (Å²) < 4.78 is 26.8. The largest absolute Gasteiger partial charge is 0.491 e. The van der Waals surface area contributed by atoms with E-state index in [1.807, 2.05) is 0 Å². The zero-order chi connectivity index (χ0) is 15.8. The second-order valence-corrected chi connectivity index (χ2v) is 11.4. The summed E-state index contributed by atoms with van der Waals surface area (Å²) in [5.41, 5.74) is 0. The van der Waals surface area contributed by atoms with E-state index in [-0.39, 0.29) is 32.5 Å². The molecule has 0 aromatic heterocycles. The van der Waals surface area contributed by atoms with Crippen LogP contribution in [0.4, 0.5) is 0 Å². The molecule has 0 saturated heterocycles. The summed E-state index contributed by atoms with van der Waals surface area (Å²) in [5, 5.41) is 1.41. The Morgan fingerprint density at radius 3 is 1.45 bits per heavy atom. The maximum atomic E-state index is 12.1. The van der Waals surface area contributed by atoms with Crippen LogP contribution in [0.5, 0.6) is 0 Å². The molecule has 0 bridgehead atoms. The Labute approximate surface area is 174 Å². The van der Waals surface area contributed by atoms with Gasteiger partial charge in [0.25, 0.3) is 0 Å². The molecule has 0 spiro atoms. The van der Waals surface area contributed by atoms with E-state index in [1.165, 1.54) is 0 Å². The molecule has 0 aliphatic rings. The molecule has 20 heavy (non-hydrogen) atoms. The number of phosphoric ester groups is 1. The molecule has 122 valence electrons. The lowest BCUT2D eigenvalue weighted by atomic mass is 10.4. The Hall–Kier alpha value is 3.28. The van der Waals surface area contributed by atoms with Crippen LogP contribution >= 0.6 is 115 Å². The highest BCUT2D eigenvalue weighted by molar-refractivity contribution is 9.14. The van der Waals surface area contributed by atoms with Crippen molar-refractivity contribution in [1.82, 2.24) is 0 Å². The van der Waals surface area contributed by atoms with Crippen LogP contribution in [-0.2, 0) is 17.7 Å². The van der Waals surface area contributed by atoms with Crippen molar-refractivity contribution in [1.29, 1.82) is 0 Å². The van der Waals surface area contributed by atoms with Gasteiger partial charge < -0.3 is 0 Å². The minimum Gasteiger partial charge on any atom is -0.285 e. The highest BCUT2D eigenvalue weighted by Gasteiger charge is 2.31. The first kappa shape index (κ1) is 23.3. The molecule has 0 aromatic carbocycles. The van der Waals surface area contributed by atoms with Gasteiger partial charge >= 0.3 is 7.82 Å². The van der Waals surface area contributed by atoms with E-state index in [0.717, 1.165) is 0 Å². The average molecular weight is 718 g/mol. The van der Waals surface area contributed by atoms with Crippen molar-refractivity contribution >= 4 is 115 Å². The van der Waals surface area contributed by atoms with Gasteiger partial charge in [0.15, 0.2) is 0 Å². The number of alkyl halides is 6. The van der Waals surface area contributed by atoms with E-state index in [4.69, 9.17) is 20.9 Å². The Balaban J connectivity index is 4.30. The molecule has 0 aromatic rings. The summed E-state index contributed by atoms with van der Waals surface area (Å²) in [6.07, 6.45) is 0. The van der Waals surface area contributed by atoms with Crippen LogP contribution in [0.3, 0.4) is 0 Å². The fourth-order valence-corrected chi connectivity index (χ4v) is 5.14. The third-order valence-electron chi connectivity index (χ3n) is 1.95. The maximum Gasteiger partial charge on any atom is 0.491 e. The van der Waals surface area contributed by atoms with E-state index < -0.39 is 7.82 Å². The molecule has 0 saturated carbocycles. The predicted octanol–water partition coefficient (Wildman–Crippen LogP) is 6.14. The minimum absolute atomic E-state index is 0.0724. The monoisotopic (exact) mass is 712 g/mol. The summed E-state index contributed by atoms with van der Waals surface area (Å²) >= 11 is 25.5. The van der Waals surface area contributed by atoms with Crippen molar-refractivity contribution in [2.24, 2.45) is 0 Å². The molecule has 0 aliphatic heterocycles. The van der Waals surface area contributed by atoms with E-state index >= 15 is 0 Å². The number of phosphoric acid groups is 1. The van der Waals surface area contributed by atoms with Crippen LogP contribution in [0, 0.1) is 0 Å². The smallest absolute Gasteiger partial charge is 0.285 e. The van der Waals surface area contributed by atoms with Gasteiger partial charge in [-0.2, -0.15) is 4.08 Å². The van der Waals surface area contributed by atoms with Gasteiger partial charge in [0.2, 0.25) is 0 Å². The Bertz CT molecular complexity index is 291. The lowest BCUT2D eigenvalue weighted by Gasteiger charge is -2.20. The fourth-order valence-electron chi connectivity index (χ4n) is 0.804. The summed E-state index contributed by atoms with van der Waals surface area (Å²) in [6.45, 7) is 0.239. The molecular weight excluding hydrogens is 706 g/mol. The zero-order valence-electron chi connectivity index (χ0n) is 9.86. The van der Waals surface area contributed by atoms with Crippen molar-refractivity contribution in [3.63, 3.8) is 0 Å². The van der Waals surface area contributed by atoms with Gasteiger partial charge in [-0.05, 0) is 0 Å². The third kappa shape index (κ3) is 9.55. The molecule has 0 aliphatic carbocycles. The average Bonchev–Trinajstić information content (AvgIpc) is 2.48. The molecule has 4 nitrogen and oxygen atoms in total. The lowest BCUT2D eigenvalue weighted by molar-refractivity contribution is 0.161. The first-order chi connectivity index (χ1) is 9.29. The second kappa shape index (κ2) is 12.6. The topological polar surface area (TPSA) is 44.8 Å². The van der Waals surface area contributed by atoms with Crippen LogP contribution < -0.4 is 0 Å². The Kier molecular flexibility index (Phi) is 14.7. The molecule has 12 heteroatoms. The number of rotatable bonds is 11. The van der Waals surface area contributed by atoms with Crippen LogP contribution in [0.25, 0.3) is 0 Å². The Morgan fingerprint density at radius 2 is 1.20 bits per heavy atom. The quantitative estimate of drug-likeness (QED) is 0.190. The lowest BCUT2D eigenvalue weighted by Crippen LogP contribution is -2.23. The summed E-state index contributed by atoms with van der Waals surface area (Å²) in [4.78, 5) is 0.0692. The van der Waals surface area contributed by atoms with Crippen molar-refractivity contribution in [2.75, 3.05) is 23.9 Å². The van der Waals surface area contributed by atoms with E-state index in [9.17, 15) is 4.57 Å². The van der Waals surface area contributed by atoms with Gasteiger partial charge in [-0.15, -0.1) is 0 Å². The summed E-state index contributed by atoms with van der Waals surface area (Å²) in [6, 6.07) is 0. The molecule has 0 radical (unpaired) electrons. The SMILES string of the molecule is O=P(OCl)(OCC(Br)C(Br)CBr)OCC(Br)C(Br)CBr. The molecule has 0 heterocycles. The van der Waals surface area contributed by atoms with Gasteiger partial charge in [0.1, 0.15) is 0 Å². The molecule has 4 atom stereocenters. The first-order valence-electron chi connectivity index (χ1n) is 5.17. The number of hydrogen-bond acceptors (Lipinski definition) is 4. The first-order valence-corrected chi connectivity index (χ1v) is 12.8. The van der Waals surface area contributed by atoms with E-state index in [2.05, 4.69) is 99.7 Å². The van der Waals surface area contributed by atoms with Crippen LogP contribution in [0.15, 0.2) is 0 Å². The molecule has 0 rings (SSSR count). The second-order valence-electron chi connectivity index (χ2n) is 3.48. The number of hydrogen-bond donors (Lipinski definition) is 0. The van der Waals surface area contributed by atoms with Gasteiger partial charge in [-0.3, -0.25) is 9.05 Å². The van der Waals surface area contributed by atoms with Crippen LogP contribution in [-0.4, -0.2) is 43.2 Å². The predicted molar refractivity (Wildman–Crippen MR) is 105 cm³/mol. The maximum absolute atomic E-state index is 12.1. The number of halogens is 7. The van der Waals surface area contributed by atoms with Crippen LogP contribution in [0.1, 0.15) is 0 Å². The summed E-state index contributed by atoms with van der Waals surface area (Å²) in [7, 11) is -3.78. The van der Waals surface area contributed by atoms with Crippen molar-refractivity contribution < 1.29 is 17.7 Å². The van der Waals surface area contributed by atoms with Crippen molar-refractivity contribution in [3.8, 4) is 0 Å². The van der Waals surface area contributed by atoms with E-state index in [1.54, 1.807) is 0 Å². The third-order valence-corrected chi connectivity index (χ3v) is 11.8. The molecule has 4 unspecified atom stereocenters. The van der Waals surface area contributed by atoms with Crippen molar-refractivity contribution in [2.45, 2.75) is 19.3 Å². The van der Waals surface area contributed by atoms with E-state index in [0.29, 0.717) is 10.7 Å². The minimum atomic E-state index is -3.78.